The molecule has 1 N–H and O–H groups in total. The van der Waals surface area contributed by atoms with Gasteiger partial charge in [-0.05, 0) is 42.8 Å². The van der Waals surface area contributed by atoms with Gasteiger partial charge in [0.1, 0.15) is 11.5 Å². The summed E-state index contributed by atoms with van der Waals surface area (Å²) in [5.74, 6) is 2.82. The third-order valence-electron chi connectivity index (χ3n) is 5.65. The van der Waals surface area contributed by atoms with Crippen LogP contribution in [-0.2, 0) is 0 Å². The lowest BCUT2D eigenvalue weighted by molar-refractivity contribution is 0.355. The average Bonchev–Trinajstić information content (AvgIpc) is 2.83. The number of rotatable bonds is 14. The number of ether oxygens (including phenoxy) is 3. The lowest BCUT2D eigenvalue weighted by Gasteiger charge is -2.13. The average molecular weight is 437 g/mol. The van der Waals surface area contributed by atoms with Crippen LogP contribution in [-0.4, -0.2) is 25.7 Å². The highest BCUT2D eigenvalue weighted by Crippen LogP contribution is 2.36. The molecule has 0 bridgehead atoms. The molecule has 0 aliphatic carbocycles. The van der Waals surface area contributed by atoms with Gasteiger partial charge in [-0.15, -0.1) is 0 Å². The smallest absolute Gasteiger partial charge is 0.162 e. The lowest BCUT2D eigenvalue weighted by atomic mass is 10.1. The molecule has 2 aromatic carbocycles. The molecule has 0 amide bonds. The Bertz CT molecular complexity index is 957. The van der Waals surface area contributed by atoms with Crippen LogP contribution in [0.2, 0.25) is 0 Å². The number of methoxy groups -OCH3 is 2. The van der Waals surface area contributed by atoms with Gasteiger partial charge in [0.2, 0.25) is 0 Å². The first-order valence-electron chi connectivity index (χ1n) is 11.8. The summed E-state index contributed by atoms with van der Waals surface area (Å²) in [6.45, 7) is 3.27. The maximum Gasteiger partial charge on any atom is 0.162 e. The number of aromatic nitrogens is 1. The standard InChI is InChI=1S/C27H36N2O3/c1-4-5-6-7-8-9-10-11-17-28-21-12-14-22(15-13-21)32-25-16-18-29-24-20-27(31-3)26(30-2)19-23(24)25/h12-16,18-20,28H,4-11,17H2,1-3H3. The fourth-order valence-electron chi connectivity index (χ4n) is 3.80. The van der Waals surface area contributed by atoms with Crippen LogP contribution >= 0.6 is 0 Å². The van der Waals surface area contributed by atoms with E-state index in [0.29, 0.717) is 11.5 Å². The molecular weight excluding hydrogens is 400 g/mol. The molecule has 1 aromatic heterocycles. The number of hydrogen-bond donors (Lipinski definition) is 1. The van der Waals surface area contributed by atoms with Crippen molar-refractivity contribution in [3.63, 3.8) is 0 Å². The van der Waals surface area contributed by atoms with Gasteiger partial charge in [0.05, 0.1) is 19.7 Å². The van der Waals surface area contributed by atoms with Crippen LogP contribution in [0.3, 0.4) is 0 Å². The third-order valence-corrected chi connectivity index (χ3v) is 5.65. The number of nitrogens with one attached hydrogen (secondary N) is 1. The van der Waals surface area contributed by atoms with Crippen molar-refractivity contribution >= 4 is 16.6 Å². The second-order valence-corrected chi connectivity index (χ2v) is 8.06. The van der Waals surface area contributed by atoms with Crippen LogP contribution in [0.15, 0.2) is 48.7 Å². The fourth-order valence-corrected chi connectivity index (χ4v) is 3.80. The molecule has 0 unspecified atom stereocenters. The Hall–Kier alpha value is -2.95. The van der Waals surface area contributed by atoms with Crippen LogP contribution in [0.1, 0.15) is 58.3 Å². The number of pyridine rings is 1. The van der Waals surface area contributed by atoms with Crippen LogP contribution < -0.4 is 19.5 Å². The molecule has 32 heavy (non-hydrogen) atoms. The van der Waals surface area contributed by atoms with Crippen molar-refractivity contribution < 1.29 is 14.2 Å². The molecule has 0 atom stereocenters. The zero-order chi connectivity index (χ0) is 22.6. The Kier molecular flexibility index (Phi) is 9.48. The maximum atomic E-state index is 6.15. The Balaban J connectivity index is 1.51. The topological polar surface area (TPSA) is 52.6 Å². The second kappa shape index (κ2) is 12.8. The predicted molar refractivity (Wildman–Crippen MR) is 132 cm³/mol. The zero-order valence-corrected chi connectivity index (χ0v) is 19.7. The first kappa shape index (κ1) is 23.7. The number of unbranched alkanes of at least 4 members (excludes halogenated alkanes) is 7. The van der Waals surface area contributed by atoms with Crippen LogP contribution in [0.25, 0.3) is 10.9 Å². The predicted octanol–water partition coefficient (Wildman–Crippen LogP) is 7.60. The number of nitrogens with zero attached hydrogens (tertiary/aromatic N) is 1. The summed E-state index contributed by atoms with van der Waals surface area (Å²) in [6, 6.07) is 13.7. The summed E-state index contributed by atoms with van der Waals surface area (Å²) in [5.41, 5.74) is 1.91. The molecule has 0 spiro atoms. The van der Waals surface area contributed by atoms with E-state index in [2.05, 4.69) is 29.4 Å². The molecule has 0 radical (unpaired) electrons. The quantitative estimate of drug-likeness (QED) is 0.264. The van der Waals surface area contributed by atoms with Crippen molar-refractivity contribution in [1.82, 2.24) is 4.98 Å². The number of hydrogen-bond acceptors (Lipinski definition) is 5. The van der Waals surface area contributed by atoms with E-state index in [9.17, 15) is 0 Å². The molecule has 0 saturated carbocycles. The molecule has 0 fully saturated rings. The Morgan fingerprint density at radius 3 is 2.09 bits per heavy atom. The Morgan fingerprint density at radius 1 is 0.750 bits per heavy atom. The molecule has 5 heteroatoms. The van der Waals surface area contributed by atoms with Crippen LogP contribution in [0, 0.1) is 0 Å². The van der Waals surface area contributed by atoms with Crippen molar-refractivity contribution in [2.75, 3.05) is 26.1 Å². The minimum absolute atomic E-state index is 0.650. The summed E-state index contributed by atoms with van der Waals surface area (Å²) in [4.78, 5) is 4.43. The minimum atomic E-state index is 0.650. The maximum absolute atomic E-state index is 6.15. The Morgan fingerprint density at radius 2 is 1.41 bits per heavy atom. The molecule has 3 rings (SSSR count). The van der Waals surface area contributed by atoms with Gasteiger partial charge >= 0.3 is 0 Å². The van der Waals surface area contributed by atoms with Gasteiger partial charge in [0.25, 0.3) is 0 Å². The van der Waals surface area contributed by atoms with E-state index in [1.54, 1.807) is 20.4 Å². The Labute approximate surface area is 192 Å². The van der Waals surface area contributed by atoms with E-state index in [0.717, 1.165) is 34.6 Å². The summed E-state index contributed by atoms with van der Waals surface area (Å²) in [6.07, 6.45) is 12.4. The van der Waals surface area contributed by atoms with Gasteiger partial charge < -0.3 is 19.5 Å². The van der Waals surface area contributed by atoms with Gasteiger partial charge in [0.15, 0.2) is 11.5 Å². The third kappa shape index (κ3) is 6.78. The van der Waals surface area contributed by atoms with Crippen molar-refractivity contribution in [2.24, 2.45) is 0 Å². The largest absolute Gasteiger partial charge is 0.493 e. The monoisotopic (exact) mass is 436 g/mol. The second-order valence-electron chi connectivity index (χ2n) is 8.06. The zero-order valence-electron chi connectivity index (χ0n) is 19.7. The number of fused-ring (bicyclic) bond motifs is 1. The molecule has 3 aromatic rings. The van der Waals surface area contributed by atoms with E-state index in [4.69, 9.17) is 14.2 Å². The van der Waals surface area contributed by atoms with Crippen LogP contribution in [0.5, 0.6) is 23.0 Å². The summed E-state index contributed by atoms with van der Waals surface area (Å²) < 4.78 is 17.0. The highest BCUT2D eigenvalue weighted by Gasteiger charge is 2.11. The highest BCUT2D eigenvalue weighted by molar-refractivity contribution is 5.88. The molecule has 0 aliphatic heterocycles. The van der Waals surface area contributed by atoms with E-state index in [1.807, 2.05) is 30.3 Å². The van der Waals surface area contributed by atoms with Gasteiger partial charge in [-0.2, -0.15) is 0 Å². The lowest BCUT2D eigenvalue weighted by Crippen LogP contribution is -2.01. The van der Waals surface area contributed by atoms with Gasteiger partial charge in [0, 0.05) is 29.9 Å². The van der Waals surface area contributed by atoms with Crippen LogP contribution in [0.4, 0.5) is 5.69 Å². The molecule has 0 saturated heterocycles. The fraction of sp³-hybridized carbons (Fsp3) is 0.444. The number of benzene rings is 2. The molecule has 172 valence electrons. The molecular formula is C27H36N2O3. The summed E-state index contributed by atoms with van der Waals surface area (Å²) in [5, 5.41) is 4.39. The van der Waals surface area contributed by atoms with E-state index < -0.39 is 0 Å². The normalized spacial score (nSPS) is 10.8. The van der Waals surface area contributed by atoms with Crippen molar-refractivity contribution in [1.29, 1.82) is 0 Å². The van der Waals surface area contributed by atoms with Gasteiger partial charge in [-0.1, -0.05) is 51.9 Å². The molecule has 1 heterocycles. The molecule has 5 nitrogen and oxygen atoms in total. The molecule has 0 aliphatic rings. The first-order valence-corrected chi connectivity index (χ1v) is 11.8. The van der Waals surface area contributed by atoms with E-state index >= 15 is 0 Å². The first-order chi connectivity index (χ1) is 15.7. The van der Waals surface area contributed by atoms with E-state index in [1.165, 1.54) is 51.4 Å². The minimum Gasteiger partial charge on any atom is -0.493 e. The summed E-state index contributed by atoms with van der Waals surface area (Å²) >= 11 is 0. The SMILES string of the molecule is CCCCCCCCCCNc1ccc(Oc2ccnc3cc(OC)c(OC)cc23)cc1. The van der Waals surface area contributed by atoms with Crippen molar-refractivity contribution in [3.05, 3.63) is 48.7 Å². The van der Waals surface area contributed by atoms with Gasteiger partial charge in [-0.3, -0.25) is 4.98 Å². The van der Waals surface area contributed by atoms with E-state index in [-0.39, 0.29) is 0 Å². The number of anilines is 1. The highest BCUT2D eigenvalue weighted by atomic mass is 16.5. The van der Waals surface area contributed by atoms with Crippen molar-refractivity contribution in [2.45, 2.75) is 58.3 Å². The van der Waals surface area contributed by atoms with Gasteiger partial charge in [-0.25, -0.2) is 0 Å². The van der Waals surface area contributed by atoms with Crippen molar-refractivity contribution in [3.8, 4) is 23.0 Å². The summed E-state index contributed by atoms with van der Waals surface area (Å²) in [7, 11) is 3.24.